The third-order valence-corrected chi connectivity index (χ3v) is 2.73. The minimum atomic E-state index is -0.285. The Morgan fingerprint density at radius 3 is 2.83 bits per heavy atom. The molecule has 0 unspecified atom stereocenters. The molecule has 0 aliphatic carbocycles. The van der Waals surface area contributed by atoms with Crippen LogP contribution >= 0.6 is 22.6 Å². The molecule has 0 aliphatic heterocycles. The van der Waals surface area contributed by atoms with Gasteiger partial charge >= 0.3 is 0 Å². The van der Waals surface area contributed by atoms with Crippen LogP contribution in [0.1, 0.15) is 11.6 Å². The molecule has 1 atom stereocenters. The van der Waals surface area contributed by atoms with E-state index in [-0.39, 0.29) is 11.9 Å². The van der Waals surface area contributed by atoms with E-state index in [4.69, 9.17) is 5.73 Å². The van der Waals surface area contributed by atoms with E-state index in [1.807, 2.05) is 22.6 Å². The maximum absolute atomic E-state index is 13.0. The maximum atomic E-state index is 13.0. The van der Waals surface area contributed by atoms with Gasteiger partial charge in [0.1, 0.15) is 5.82 Å². The molecule has 0 heterocycles. The highest BCUT2D eigenvalue weighted by molar-refractivity contribution is 14.1. The summed E-state index contributed by atoms with van der Waals surface area (Å²) in [5, 5.41) is 0. The molecule has 64 valence electrons. The van der Waals surface area contributed by atoms with Gasteiger partial charge in [-0.1, -0.05) is 18.2 Å². The van der Waals surface area contributed by atoms with E-state index in [0.29, 0.717) is 3.57 Å². The second-order valence-electron chi connectivity index (χ2n) is 2.40. The van der Waals surface area contributed by atoms with Crippen molar-refractivity contribution in [3.05, 3.63) is 45.8 Å². The van der Waals surface area contributed by atoms with E-state index < -0.39 is 0 Å². The summed E-state index contributed by atoms with van der Waals surface area (Å²) in [6.07, 6.45) is 1.59. The summed E-state index contributed by atoms with van der Waals surface area (Å²) < 4.78 is 13.6. The first-order valence-corrected chi connectivity index (χ1v) is 4.56. The van der Waals surface area contributed by atoms with Gasteiger partial charge in [0.25, 0.3) is 0 Å². The normalized spacial score (nSPS) is 12.6. The molecular weight excluding hydrogens is 268 g/mol. The van der Waals surface area contributed by atoms with Crippen LogP contribution in [0.2, 0.25) is 0 Å². The van der Waals surface area contributed by atoms with Gasteiger partial charge in [-0.25, -0.2) is 4.39 Å². The Bertz CT molecular complexity index is 299. The van der Waals surface area contributed by atoms with Crippen LogP contribution in [0, 0.1) is 9.39 Å². The molecule has 3 heteroatoms. The lowest BCUT2D eigenvalue weighted by molar-refractivity contribution is 0.615. The summed E-state index contributed by atoms with van der Waals surface area (Å²) >= 11 is 1.94. The van der Waals surface area contributed by atoms with Gasteiger partial charge < -0.3 is 5.73 Å². The molecule has 1 nitrogen and oxygen atoms in total. The van der Waals surface area contributed by atoms with E-state index in [1.54, 1.807) is 18.2 Å². The van der Waals surface area contributed by atoms with E-state index in [9.17, 15) is 4.39 Å². The summed E-state index contributed by atoms with van der Waals surface area (Å²) in [6, 6.07) is 4.58. The highest BCUT2D eigenvalue weighted by Gasteiger charge is 2.08. The van der Waals surface area contributed by atoms with Gasteiger partial charge in [-0.15, -0.1) is 6.58 Å². The van der Waals surface area contributed by atoms with Crippen LogP contribution in [0.4, 0.5) is 4.39 Å². The smallest absolute Gasteiger partial charge is 0.136 e. The molecule has 0 spiro atoms. The van der Waals surface area contributed by atoms with Crippen molar-refractivity contribution in [2.75, 3.05) is 0 Å². The fourth-order valence-corrected chi connectivity index (χ4v) is 1.62. The van der Waals surface area contributed by atoms with Gasteiger partial charge in [0.05, 0.1) is 3.57 Å². The van der Waals surface area contributed by atoms with Crippen LogP contribution in [0.5, 0.6) is 0 Å². The number of benzene rings is 1. The number of hydrogen-bond acceptors (Lipinski definition) is 1. The van der Waals surface area contributed by atoms with Crippen LogP contribution in [0.25, 0.3) is 0 Å². The lowest BCUT2D eigenvalue weighted by atomic mass is 10.1. The van der Waals surface area contributed by atoms with E-state index in [1.165, 1.54) is 6.07 Å². The Kier molecular flexibility index (Phi) is 3.22. The first-order valence-electron chi connectivity index (χ1n) is 3.49. The summed E-state index contributed by atoms with van der Waals surface area (Å²) in [4.78, 5) is 0. The molecule has 2 N–H and O–H groups in total. The number of rotatable bonds is 2. The molecule has 0 bridgehead atoms. The topological polar surface area (TPSA) is 26.0 Å². The highest BCUT2D eigenvalue weighted by Crippen LogP contribution is 2.21. The van der Waals surface area contributed by atoms with Gasteiger partial charge in [-0.3, -0.25) is 0 Å². The fourth-order valence-electron chi connectivity index (χ4n) is 0.905. The predicted octanol–water partition coefficient (Wildman–Crippen LogP) is 2.62. The molecule has 0 saturated carbocycles. The molecular formula is C9H9FIN. The lowest BCUT2D eigenvalue weighted by Crippen LogP contribution is -2.09. The fraction of sp³-hybridized carbons (Fsp3) is 0.111. The zero-order valence-electron chi connectivity index (χ0n) is 6.43. The average molecular weight is 277 g/mol. The Labute approximate surface area is 84.6 Å². The van der Waals surface area contributed by atoms with Crippen LogP contribution < -0.4 is 5.73 Å². The van der Waals surface area contributed by atoms with Crippen LogP contribution in [0.3, 0.4) is 0 Å². The molecule has 1 rings (SSSR count). The van der Waals surface area contributed by atoms with Crippen molar-refractivity contribution in [1.82, 2.24) is 0 Å². The first kappa shape index (κ1) is 9.67. The third-order valence-electron chi connectivity index (χ3n) is 1.59. The van der Waals surface area contributed by atoms with Gasteiger partial charge in [-0.2, -0.15) is 0 Å². The molecule has 0 fully saturated rings. The third kappa shape index (κ3) is 1.84. The molecule has 0 aliphatic rings. The Morgan fingerprint density at radius 1 is 1.58 bits per heavy atom. The quantitative estimate of drug-likeness (QED) is 0.652. The number of nitrogens with two attached hydrogens (primary N) is 1. The van der Waals surface area contributed by atoms with Crippen molar-refractivity contribution in [3.63, 3.8) is 0 Å². The van der Waals surface area contributed by atoms with Gasteiger partial charge in [-0.05, 0) is 34.2 Å². The monoisotopic (exact) mass is 277 g/mol. The summed E-state index contributed by atoms with van der Waals surface area (Å²) in [7, 11) is 0. The summed E-state index contributed by atoms with van der Waals surface area (Å²) in [5.74, 6) is -0.231. The zero-order chi connectivity index (χ0) is 9.14. The Morgan fingerprint density at radius 2 is 2.25 bits per heavy atom. The first-order chi connectivity index (χ1) is 5.66. The highest BCUT2D eigenvalue weighted by atomic mass is 127. The van der Waals surface area contributed by atoms with Gasteiger partial charge in [0.2, 0.25) is 0 Å². The van der Waals surface area contributed by atoms with Crippen molar-refractivity contribution in [1.29, 1.82) is 0 Å². The summed E-state index contributed by atoms with van der Waals surface area (Å²) in [6.45, 7) is 3.56. The molecule has 0 saturated heterocycles. The molecule has 1 aromatic carbocycles. The molecule has 0 radical (unpaired) electrons. The SMILES string of the molecule is C=C[C@H](N)c1cccc(F)c1I. The molecule has 1 aromatic rings. The van der Waals surface area contributed by atoms with Crippen molar-refractivity contribution in [2.45, 2.75) is 6.04 Å². The number of halogens is 2. The Hall–Kier alpha value is -0.420. The van der Waals surface area contributed by atoms with Gasteiger partial charge in [0.15, 0.2) is 0 Å². The maximum Gasteiger partial charge on any atom is 0.136 e. The molecule has 0 amide bonds. The zero-order valence-corrected chi connectivity index (χ0v) is 8.58. The average Bonchev–Trinajstić information content (AvgIpc) is 2.08. The van der Waals surface area contributed by atoms with Crippen molar-refractivity contribution < 1.29 is 4.39 Å². The molecule has 0 aromatic heterocycles. The Balaban J connectivity index is 3.15. The van der Waals surface area contributed by atoms with Crippen molar-refractivity contribution in [3.8, 4) is 0 Å². The minimum absolute atomic E-state index is 0.231. The number of hydrogen-bond donors (Lipinski definition) is 1. The second-order valence-corrected chi connectivity index (χ2v) is 3.48. The van der Waals surface area contributed by atoms with Crippen molar-refractivity contribution in [2.24, 2.45) is 5.73 Å². The van der Waals surface area contributed by atoms with Gasteiger partial charge in [0, 0.05) is 6.04 Å². The standard InChI is InChI=1S/C9H9FIN/c1-2-8(12)6-4-3-5-7(10)9(6)11/h2-5,8H,1,12H2/t8-/m0/s1. The van der Waals surface area contributed by atoms with Crippen LogP contribution in [-0.4, -0.2) is 0 Å². The van der Waals surface area contributed by atoms with Crippen LogP contribution in [-0.2, 0) is 0 Å². The summed E-state index contributed by atoms with van der Waals surface area (Å²) in [5.41, 5.74) is 6.46. The predicted molar refractivity (Wildman–Crippen MR) is 56.2 cm³/mol. The van der Waals surface area contributed by atoms with E-state index >= 15 is 0 Å². The van der Waals surface area contributed by atoms with Crippen molar-refractivity contribution >= 4 is 22.6 Å². The molecule has 12 heavy (non-hydrogen) atoms. The largest absolute Gasteiger partial charge is 0.321 e. The van der Waals surface area contributed by atoms with E-state index in [0.717, 1.165) is 5.56 Å². The minimum Gasteiger partial charge on any atom is -0.321 e. The second kappa shape index (κ2) is 4.00. The lowest BCUT2D eigenvalue weighted by Gasteiger charge is -2.08. The van der Waals surface area contributed by atoms with E-state index in [2.05, 4.69) is 6.58 Å². The van der Waals surface area contributed by atoms with Crippen LogP contribution in [0.15, 0.2) is 30.9 Å².